The van der Waals surface area contributed by atoms with E-state index in [1.165, 1.54) is 12.8 Å². The van der Waals surface area contributed by atoms with Gasteiger partial charge in [0.05, 0.1) is 19.7 Å². The number of piperazine rings is 1. The fraction of sp³-hybridized carbons (Fsp3) is 0.440. The lowest BCUT2D eigenvalue weighted by atomic mass is 10.2. The third kappa shape index (κ3) is 6.39. The number of ether oxygens (including phenoxy) is 1. The number of benzene rings is 2. The van der Waals surface area contributed by atoms with E-state index in [4.69, 9.17) is 9.73 Å². The molecule has 170 valence electrons. The Balaban J connectivity index is 1.33. The Hall–Kier alpha value is -3.22. The summed E-state index contributed by atoms with van der Waals surface area (Å²) in [5.74, 6) is 2.53. The standard InChI is InChI=1S/C25H33N5O2/c1-2-26-25(29-16-21-5-3-4-6-23(21)32-18-20-7-8-20)28-15-19-9-11-22(12-10-19)30-14-13-27-24(31)17-30/h3-6,9-12,20H,2,7-8,13-18H2,1H3,(H,27,31)(H2,26,28,29). The molecule has 2 fully saturated rings. The first-order valence-corrected chi connectivity index (χ1v) is 11.5. The van der Waals surface area contributed by atoms with Crippen LogP contribution in [0.2, 0.25) is 0 Å². The van der Waals surface area contributed by atoms with Crippen molar-refractivity contribution in [2.24, 2.45) is 10.9 Å². The highest BCUT2D eigenvalue weighted by Gasteiger charge is 2.22. The molecule has 0 atom stereocenters. The summed E-state index contributed by atoms with van der Waals surface area (Å²) in [6.45, 7) is 6.84. The van der Waals surface area contributed by atoms with Crippen LogP contribution in [0, 0.1) is 5.92 Å². The van der Waals surface area contributed by atoms with Gasteiger partial charge in [-0.05, 0) is 49.4 Å². The van der Waals surface area contributed by atoms with Crippen LogP contribution in [-0.4, -0.2) is 44.7 Å². The highest BCUT2D eigenvalue weighted by Crippen LogP contribution is 2.30. The van der Waals surface area contributed by atoms with Gasteiger partial charge in [0, 0.05) is 37.4 Å². The summed E-state index contributed by atoms with van der Waals surface area (Å²) < 4.78 is 6.02. The van der Waals surface area contributed by atoms with E-state index in [1.807, 2.05) is 18.2 Å². The van der Waals surface area contributed by atoms with Crippen molar-refractivity contribution in [1.29, 1.82) is 0 Å². The quantitative estimate of drug-likeness (QED) is 0.417. The molecule has 3 N–H and O–H groups in total. The maximum absolute atomic E-state index is 11.6. The summed E-state index contributed by atoms with van der Waals surface area (Å²) >= 11 is 0. The zero-order chi connectivity index (χ0) is 22.2. The third-order valence-corrected chi connectivity index (χ3v) is 5.69. The maximum atomic E-state index is 11.6. The Kier molecular flexibility index (Phi) is 7.48. The maximum Gasteiger partial charge on any atom is 0.239 e. The second kappa shape index (κ2) is 10.9. The van der Waals surface area contributed by atoms with Crippen LogP contribution in [0.15, 0.2) is 53.5 Å². The van der Waals surface area contributed by atoms with Gasteiger partial charge in [0.2, 0.25) is 5.91 Å². The topological polar surface area (TPSA) is 78.0 Å². The van der Waals surface area contributed by atoms with Crippen molar-refractivity contribution in [3.8, 4) is 5.75 Å². The van der Waals surface area contributed by atoms with Crippen LogP contribution in [0.5, 0.6) is 5.75 Å². The summed E-state index contributed by atoms with van der Waals surface area (Å²) in [5.41, 5.74) is 3.33. The molecule has 2 aromatic carbocycles. The number of nitrogens with zero attached hydrogens (tertiary/aromatic N) is 2. The van der Waals surface area contributed by atoms with Crippen molar-refractivity contribution >= 4 is 17.6 Å². The summed E-state index contributed by atoms with van der Waals surface area (Å²) in [6, 6.07) is 16.5. The van der Waals surface area contributed by atoms with Crippen LogP contribution < -0.4 is 25.6 Å². The van der Waals surface area contributed by atoms with Crippen LogP contribution in [0.25, 0.3) is 0 Å². The summed E-state index contributed by atoms with van der Waals surface area (Å²) in [5, 5.41) is 9.60. The number of amides is 1. The van der Waals surface area contributed by atoms with Crippen LogP contribution in [0.4, 0.5) is 5.69 Å². The Morgan fingerprint density at radius 1 is 1.16 bits per heavy atom. The first-order valence-electron chi connectivity index (χ1n) is 11.5. The van der Waals surface area contributed by atoms with E-state index >= 15 is 0 Å². The Morgan fingerprint density at radius 3 is 2.72 bits per heavy atom. The van der Waals surface area contributed by atoms with Gasteiger partial charge in [0.1, 0.15) is 5.75 Å². The van der Waals surface area contributed by atoms with Gasteiger partial charge in [-0.2, -0.15) is 0 Å². The van der Waals surface area contributed by atoms with Crippen LogP contribution in [-0.2, 0) is 17.9 Å². The van der Waals surface area contributed by atoms with Gasteiger partial charge in [0.15, 0.2) is 5.96 Å². The molecule has 4 rings (SSSR count). The molecule has 1 amide bonds. The van der Waals surface area contributed by atoms with Crippen molar-refractivity contribution in [1.82, 2.24) is 16.0 Å². The number of aliphatic imine (C=N–C) groups is 1. The van der Waals surface area contributed by atoms with Crippen LogP contribution in [0.1, 0.15) is 30.9 Å². The monoisotopic (exact) mass is 435 g/mol. The predicted molar refractivity (Wildman–Crippen MR) is 128 cm³/mol. The molecule has 0 radical (unpaired) electrons. The third-order valence-electron chi connectivity index (χ3n) is 5.69. The summed E-state index contributed by atoms with van der Waals surface area (Å²) in [4.78, 5) is 18.5. The minimum atomic E-state index is 0.0748. The summed E-state index contributed by atoms with van der Waals surface area (Å²) in [6.07, 6.45) is 2.57. The number of carbonyl (C=O) groups excluding carboxylic acids is 1. The van der Waals surface area contributed by atoms with Gasteiger partial charge in [-0.3, -0.25) is 4.79 Å². The van der Waals surface area contributed by atoms with Crippen LogP contribution >= 0.6 is 0 Å². The highest BCUT2D eigenvalue weighted by atomic mass is 16.5. The van der Waals surface area contributed by atoms with Crippen molar-refractivity contribution in [2.45, 2.75) is 32.9 Å². The molecule has 0 aromatic heterocycles. The lowest BCUT2D eigenvalue weighted by molar-refractivity contribution is -0.120. The van der Waals surface area contributed by atoms with Crippen LogP contribution in [0.3, 0.4) is 0 Å². The normalized spacial score (nSPS) is 16.5. The lowest BCUT2D eigenvalue weighted by Gasteiger charge is -2.28. The average Bonchev–Trinajstić information content (AvgIpc) is 3.65. The molecular formula is C25H33N5O2. The Morgan fingerprint density at radius 2 is 1.97 bits per heavy atom. The molecule has 2 aliphatic rings. The molecule has 1 saturated heterocycles. The number of anilines is 1. The van der Waals surface area contributed by atoms with Crippen molar-refractivity contribution in [3.63, 3.8) is 0 Å². The number of para-hydroxylation sites is 1. The Labute approximate surface area is 190 Å². The molecule has 1 aliphatic carbocycles. The number of rotatable bonds is 9. The van der Waals surface area contributed by atoms with Gasteiger partial charge in [-0.25, -0.2) is 4.99 Å². The molecular weight excluding hydrogens is 402 g/mol. The fourth-order valence-electron chi connectivity index (χ4n) is 3.65. The number of guanidine groups is 1. The SMILES string of the molecule is CCNC(=NCc1ccc(N2CCNC(=O)C2)cc1)NCc1ccccc1OCC1CC1. The molecule has 7 heteroatoms. The van der Waals surface area contributed by atoms with Crippen molar-refractivity contribution in [2.75, 3.05) is 37.7 Å². The highest BCUT2D eigenvalue weighted by molar-refractivity contribution is 5.82. The second-order valence-electron chi connectivity index (χ2n) is 8.35. The predicted octanol–water partition coefficient (Wildman–Crippen LogP) is 2.67. The van der Waals surface area contributed by atoms with Gasteiger partial charge in [-0.1, -0.05) is 30.3 Å². The largest absolute Gasteiger partial charge is 0.493 e. The zero-order valence-electron chi connectivity index (χ0n) is 18.8. The van der Waals surface area contributed by atoms with E-state index in [0.29, 0.717) is 26.2 Å². The molecule has 32 heavy (non-hydrogen) atoms. The minimum Gasteiger partial charge on any atom is -0.493 e. The Bertz CT molecular complexity index is 924. The molecule has 0 spiro atoms. The van der Waals surface area contributed by atoms with E-state index in [1.54, 1.807) is 0 Å². The molecule has 1 aliphatic heterocycles. The number of hydrogen-bond donors (Lipinski definition) is 3. The summed E-state index contributed by atoms with van der Waals surface area (Å²) in [7, 11) is 0. The average molecular weight is 436 g/mol. The van der Waals surface area contributed by atoms with Gasteiger partial charge in [-0.15, -0.1) is 0 Å². The molecule has 0 unspecified atom stereocenters. The smallest absolute Gasteiger partial charge is 0.239 e. The van der Waals surface area contributed by atoms with Gasteiger partial charge < -0.3 is 25.6 Å². The van der Waals surface area contributed by atoms with E-state index < -0.39 is 0 Å². The second-order valence-corrected chi connectivity index (χ2v) is 8.35. The fourth-order valence-corrected chi connectivity index (χ4v) is 3.65. The van der Waals surface area contributed by atoms with E-state index in [0.717, 1.165) is 54.1 Å². The number of carbonyl (C=O) groups is 1. The zero-order valence-corrected chi connectivity index (χ0v) is 18.8. The van der Waals surface area contributed by atoms with E-state index in [-0.39, 0.29) is 5.91 Å². The molecule has 1 saturated carbocycles. The van der Waals surface area contributed by atoms with Crippen molar-refractivity contribution in [3.05, 3.63) is 59.7 Å². The molecule has 0 bridgehead atoms. The lowest BCUT2D eigenvalue weighted by Crippen LogP contribution is -2.47. The minimum absolute atomic E-state index is 0.0748. The van der Waals surface area contributed by atoms with Crippen molar-refractivity contribution < 1.29 is 9.53 Å². The van der Waals surface area contributed by atoms with Gasteiger partial charge in [0.25, 0.3) is 0 Å². The first-order chi connectivity index (χ1) is 15.7. The van der Waals surface area contributed by atoms with E-state index in [9.17, 15) is 4.79 Å². The van der Waals surface area contributed by atoms with E-state index in [2.05, 4.69) is 58.1 Å². The molecule has 2 aromatic rings. The number of nitrogens with one attached hydrogen (secondary N) is 3. The molecule has 7 nitrogen and oxygen atoms in total. The number of hydrogen-bond acceptors (Lipinski definition) is 4. The van der Waals surface area contributed by atoms with Gasteiger partial charge >= 0.3 is 0 Å². The molecule has 1 heterocycles. The first kappa shape index (κ1) is 22.0.